The number of fused-ring (bicyclic) bond motifs is 1. The Morgan fingerprint density at radius 3 is 1.96 bits per heavy atom. The first-order chi connectivity index (χ1) is 20.0. The second kappa shape index (κ2) is 18.9. The topological polar surface area (TPSA) is 306 Å². The maximum Gasteiger partial charge on any atom is 1.00 e. The number of aromatic hydroxyl groups is 1. The number of phenolic OH excluding ortho intramolecular Hbond substituents is 1. The van der Waals surface area contributed by atoms with Crippen LogP contribution in [0.3, 0.4) is 0 Å². The van der Waals surface area contributed by atoms with Crippen LogP contribution in [0, 0.1) is 0 Å². The molecule has 1 amide bonds. The van der Waals surface area contributed by atoms with E-state index in [2.05, 4.69) is 20.0 Å². The number of ketones is 1. The summed E-state index contributed by atoms with van der Waals surface area (Å²) < 4.78 is 131. The minimum absolute atomic E-state index is 0. The van der Waals surface area contributed by atoms with Crippen molar-refractivity contribution in [2.24, 2.45) is 5.10 Å². The Hall–Kier alpha value is -0.451. The summed E-state index contributed by atoms with van der Waals surface area (Å²) in [4.78, 5) is 22.5. The van der Waals surface area contributed by atoms with Crippen molar-refractivity contribution in [3.05, 3.63) is 40.3 Å². The number of anilines is 2. The molecule has 0 unspecified atom stereocenters. The van der Waals surface area contributed by atoms with E-state index in [4.69, 9.17) is 9.29 Å². The van der Waals surface area contributed by atoms with Crippen molar-refractivity contribution < 1.29 is 177 Å². The molecule has 1 aliphatic carbocycles. The van der Waals surface area contributed by atoms with Crippen LogP contribution in [0.5, 0.6) is 11.5 Å². The van der Waals surface area contributed by atoms with Crippen LogP contribution in [0.25, 0.3) is 6.08 Å². The van der Waals surface area contributed by atoms with Crippen LogP contribution in [-0.4, -0.2) is 89.3 Å². The molecule has 1 aliphatic rings. The van der Waals surface area contributed by atoms with Crippen LogP contribution >= 0.6 is 0 Å². The van der Waals surface area contributed by atoms with E-state index in [1.807, 2.05) is 0 Å². The van der Waals surface area contributed by atoms with Crippen molar-refractivity contribution in [1.82, 2.24) is 0 Å². The van der Waals surface area contributed by atoms with Gasteiger partial charge in [-0.2, -0.15) is 30.4 Å². The Morgan fingerprint density at radius 2 is 1.48 bits per heavy atom. The second-order valence-corrected chi connectivity index (χ2v) is 14.5. The summed E-state index contributed by atoms with van der Waals surface area (Å²) in [7, 11) is -18.6. The summed E-state index contributed by atoms with van der Waals surface area (Å²) in [6.45, 7) is -0.00330. The number of methoxy groups -OCH3 is 1. The van der Waals surface area contributed by atoms with Gasteiger partial charge in [0.05, 0.1) is 35.6 Å². The molecule has 3 rings (SSSR count). The van der Waals surface area contributed by atoms with Gasteiger partial charge in [-0.05, 0) is 23.8 Å². The molecular formula is C21H21CuN3Na3O16S4+3. The first-order valence-corrected chi connectivity index (χ1v) is 17.2. The number of nitrogens with zero attached hydrogens (tertiary/aromatic N) is 1. The monoisotopic (exact) mass is 831 g/mol. The van der Waals surface area contributed by atoms with Crippen LogP contribution in [0.15, 0.2) is 44.1 Å². The van der Waals surface area contributed by atoms with E-state index in [0.717, 1.165) is 20.1 Å². The average Bonchev–Trinajstić information content (AvgIpc) is 2.85. The second-order valence-electron chi connectivity index (χ2n) is 8.57. The molecule has 1 radical (unpaired) electrons. The number of benzene rings is 2. The zero-order valence-electron chi connectivity index (χ0n) is 25.4. The summed E-state index contributed by atoms with van der Waals surface area (Å²) in [6, 6.07) is 2.88. The molecule has 2 aromatic rings. The number of sulfone groups is 1. The van der Waals surface area contributed by atoms with Crippen molar-refractivity contribution in [2.75, 3.05) is 30.2 Å². The third-order valence-corrected chi connectivity index (χ3v) is 9.34. The molecule has 0 heterocycles. The predicted octanol–water partition coefficient (Wildman–Crippen LogP) is -8.90. The van der Waals surface area contributed by atoms with Gasteiger partial charge in [-0.25, -0.2) is 12.6 Å². The number of hydrogen-bond donors (Lipinski definition) is 6. The molecule has 0 aromatic heterocycles. The number of carbonyl (C=O) groups excluding carboxylic acids is 2. The molecule has 0 saturated carbocycles. The van der Waals surface area contributed by atoms with Crippen molar-refractivity contribution in [3.63, 3.8) is 0 Å². The Labute approximate surface area is 351 Å². The Bertz CT molecular complexity index is 2090. The Kier molecular flexibility index (Phi) is 19.5. The minimum Gasteiger partial charge on any atom is -0.506 e. The predicted molar refractivity (Wildman–Crippen MR) is 150 cm³/mol. The van der Waals surface area contributed by atoms with Gasteiger partial charge in [-0.1, -0.05) is 0 Å². The van der Waals surface area contributed by atoms with Gasteiger partial charge in [0.1, 0.15) is 27.0 Å². The fourth-order valence-corrected chi connectivity index (χ4v) is 6.56. The molecule has 48 heavy (non-hydrogen) atoms. The van der Waals surface area contributed by atoms with Gasteiger partial charge < -0.3 is 15.2 Å². The summed E-state index contributed by atoms with van der Waals surface area (Å²) >= 11 is 0. The molecule has 0 saturated heterocycles. The van der Waals surface area contributed by atoms with Crippen molar-refractivity contribution >= 4 is 75.3 Å². The molecule has 0 aliphatic heterocycles. The third-order valence-electron chi connectivity index (χ3n) is 5.48. The van der Waals surface area contributed by atoms with E-state index in [1.54, 1.807) is 0 Å². The minimum atomic E-state index is -5.28. The third kappa shape index (κ3) is 12.6. The fraction of sp³-hybridized carbons (Fsp3) is 0.190. The summed E-state index contributed by atoms with van der Waals surface area (Å²) in [5.74, 6) is -4.43. The summed E-state index contributed by atoms with van der Waals surface area (Å²) in [6.07, 6.45) is 0.622. The summed E-state index contributed by atoms with van der Waals surface area (Å²) in [5.41, 5.74) is -0.849. The Balaban J connectivity index is 0. The number of hydrogen-bond acceptors (Lipinski definition) is 15. The van der Waals surface area contributed by atoms with E-state index in [9.17, 15) is 57.5 Å². The number of phenols is 1. The van der Waals surface area contributed by atoms with Crippen LogP contribution in [-0.2, 0) is 66.5 Å². The standard InChI is InChI=1S/C21H21N3O16S4.Cu.3Na/c1-10(25)22-14-7-12(42(30,31)32)5-11-6-18(43(33,34)35)20(21(27)19(11)14)24-23-13-8-16(39-2)17(9-15(13)26)41(28,29)4-3-40-44(36,37)38;;;;/h5-9,23,26H,3-4H2,1-2H3,(H,22,25)(H,30,31,32)(H,33,34,35)(H,36,37,38);;;;/q;;3*+1. The van der Waals surface area contributed by atoms with Crippen LogP contribution in [0.4, 0.5) is 11.4 Å². The quantitative estimate of drug-likeness (QED) is 0.0530. The van der Waals surface area contributed by atoms with Crippen LogP contribution in [0.2, 0.25) is 0 Å². The molecule has 251 valence electrons. The molecular weight excluding hydrogens is 811 g/mol. The SMILES string of the molecule is COc1cc(NN=C2C(=O)c3c(cc(S(=O)(=O)O)cc3NC(C)=O)C=C2S(=O)(=O)O)c(O)cc1S(=O)(=O)CCOS(=O)(=O)O.[Cu].[Na+].[Na+].[Na+]. The molecule has 19 nitrogen and oxygen atoms in total. The number of carbonyl (C=O) groups is 2. The maximum atomic E-state index is 13.4. The zero-order valence-corrected chi connectivity index (χ0v) is 35.6. The molecule has 6 N–H and O–H groups in total. The number of rotatable bonds is 11. The fourth-order valence-electron chi connectivity index (χ4n) is 3.70. The van der Waals surface area contributed by atoms with Crippen molar-refractivity contribution in [3.8, 4) is 11.5 Å². The van der Waals surface area contributed by atoms with Crippen molar-refractivity contribution in [2.45, 2.75) is 16.7 Å². The average molecular weight is 832 g/mol. The van der Waals surface area contributed by atoms with Gasteiger partial charge in [-0.15, -0.1) is 0 Å². The van der Waals surface area contributed by atoms with Gasteiger partial charge in [0.2, 0.25) is 11.7 Å². The molecule has 0 bridgehead atoms. The van der Waals surface area contributed by atoms with Gasteiger partial charge >= 0.3 is 99.1 Å². The molecule has 0 atom stereocenters. The smallest absolute Gasteiger partial charge is 0.506 e. The molecule has 2 aromatic carbocycles. The van der Waals surface area contributed by atoms with Crippen LogP contribution < -0.4 is 104 Å². The Morgan fingerprint density at radius 1 is 0.896 bits per heavy atom. The van der Waals surface area contributed by atoms with Crippen LogP contribution in [0.1, 0.15) is 22.8 Å². The van der Waals surface area contributed by atoms with E-state index < -0.39 is 119 Å². The largest absolute Gasteiger partial charge is 1.00 e. The van der Waals surface area contributed by atoms with Gasteiger partial charge in [0.15, 0.2) is 15.5 Å². The number of nitrogens with one attached hydrogen (secondary N) is 2. The maximum absolute atomic E-state index is 13.4. The first kappa shape index (κ1) is 49.7. The summed E-state index contributed by atoms with van der Waals surface area (Å²) in [5, 5.41) is 16.2. The number of hydrazone groups is 1. The van der Waals surface area contributed by atoms with Crippen molar-refractivity contribution in [1.29, 1.82) is 0 Å². The molecule has 0 spiro atoms. The van der Waals surface area contributed by atoms with Gasteiger partial charge in [0, 0.05) is 36.1 Å². The van der Waals surface area contributed by atoms with Gasteiger partial charge in [0.25, 0.3) is 20.2 Å². The number of ether oxygens (including phenoxy) is 1. The van der Waals surface area contributed by atoms with E-state index in [1.165, 1.54) is 0 Å². The van der Waals surface area contributed by atoms with E-state index in [-0.39, 0.29) is 106 Å². The number of allylic oxidation sites excluding steroid dienone is 1. The number of Topliss-reactive ketones (excluding diaryl/α,β-unsaturated/α-hetero) is 1. The molecule has 27 heteroatoms. The van der Waals surface area contributed by atoms with E-state index >= 15 is 0 Å². The molecule has 0 fully saturated rings. The normalized spacial score (nSPS) is 13.7. The first-order valence-electron chi connectivity index (χ1n) is 11.3. The van der Waals surface area contributed by atoms with E-state index in [0.29, 0.717) is 24.3 Å². The zero-order chi connectivity index (χ0) is 33.4. The van der Waals surface area contributed by atoms with Gasteiger partial charge in [-0.3, -0.25) is 28.7 Å². The number of amides is 1.